The van der Waals surface area contributed by atoms with E-state index in [0.717, 1.165) is 0 Å². The first-order valence-electron chi connectivity index (χ1n) is 9.78. The molecular weight excluding hydrogens is 372 g/mol. The molecule has 0 unspecified atom stereocenters. The van der Waals surface area contributed by atoms with Crippen molar-refractivity contribution in [2.75, 3.05) is 20.2 Å². The van der Waals surface area contributed by atoms with Gasteiger partial charge in [0, 0.05) is 19.1 Å². The summed E-state index contributed by atoms with van der Waals surface area (Å²) in [7, 11) is 1.40. The molecule has 152 valence electrons. The quantitative estimate of drug-likeness (QED) is 0.629. The highest BCUT2D eigenvalue weighted by molar-refractivity contribution is 6.06. The van der Waals surface area contributed by atoms with Crippen LogP contribution in [0, 0.1) is 5.92 Å². The maximum Gasteiger partial charge on any atom is 0.308 e. The van der Waals surface area contributed by atoms with Crippen LogP contribution in [0.3, 0.4) is 0 Å². The number of piperidine rings is 1. The molecule has 1 amide bonds. The first-order chi connectivity index (χ1) is 14.0. The Hall–Kier alpha value is -3.16. The van der Waals surface area contributed by atoms with Crippen molar-refractivity contribution in [1.82, 2.24) is 19.7 Å². The SMILES string of the molecule is COC(=O)C1CCN(C(=O)c2cc(-c3ccco3)nc3c2cnn3C(C)C)CC1. The Morgan fingerprint density at radius 3 is 2.66 bits per heavy atom. The van der Waals surface area contributed by atoms with Crippen LogP contribution >= 0.6 is 0 Å². The molecule has 0 aliphatic carbocycles. The maximum atomic E-state index is 13.4. The Morgan fingerprint density at radius 1 is 1.28 bits per heavy atom. The minimum Gasteiger partial charge on any atom is -0.469 e. The molecular formula is C21H24N4O4. The summed E-state index contributed by atoms with van der Waals surface area (Å²) in [5.41, 5.74) is 1.80. The smallest absolute Gasteiger partial charge is 0.308 e. The van der Waals surface area contributed by atoms with Gasteiger partial charge in [-0.05, 0) is 44.9 Å². The van der Waals surface area contributed by atoms with Gasteiger partial charge in [-0.15, -0.1) is 0 Å². The van der Waals surface area contributed by atoms with Crippen molar-refractivity contribution in [2.24, 2.45) is 5.92 Å². The van der Waals surface area contributed by atoms with Crippen molar-refractivity contribution in [3.63, 3.8) is 0 Å². The highest BCUT2D eigenvalue weighted by Gasteiger charge is 2.30. The average molecular weight is 396 g/mol. The summed E-state index contributed by atoms with van der Waals surface area (Å²) >= 11 is 0. The molecule has 0 atom stereocenters. The second-order valence-corrected chi connectivity index (χ2v) is 7.54. The molecule has 3 aromatic heterocycles. The normalized spacial score (nSPS) is 15.2. The van der Waals surface area contributed by atoms with Crippen molar-refractivity contribution in [1.29, 1.82) is 0 Å². The molecule has 1 fully saturated rings. The van der Waals surface area contributed by atoms with Gasteiger partial charge in [0.15, 0.2) is 11.4 Å². The molecule has 0 aromatic carbocycles. The number of aromatic nitrogens is 3. The van der Waals surface area contributed by atoms with Gasteiger partial charge >= 0.3 is 5.97 Å². The molecule has 8 heteroatoms. The third kappa shape index (κ3) is 3.50. The Morgan fingerprint density at radius 2 is 2.03 bits per heavy atom. The van der Waals surface area contributed by atoms with E-state index in [-0.39, 0.29) is 23.8 Å². The number of likely N-dealkylation sites (tertiary alicyclic amines) is 1. The minimum atomic E-state index is -0.207. The number of nitrogens with zero attached hydrogens (tertiary/aromatic N) is 4. The van der Waals surface area contributed by atoms with Crippen molar-refractivity contribution in [3.05, 3.63) is 36.2 Å². The summed E-state index contributed by atoms with van der Waals surface area (Å²) in [4.78, 5) is 31.6. The summed E-state index contributed by atoms with van der Waals surface area (Å²) < 4.78 is 12.2. The van der Waals surface area contributed by atoms with E-state index in [1.54, 1.807) is 29.5 Å². The number of furan rings is 1. The van der Waals surface area contributed by atoms with Crippen molar-refractivity contribution >= 4 is 22.9 Å². The van der Waals surface area contributed by atoms with E-state index in [2.05, 4.69) is 5.10 Å². The summed E-state index contributed by atoms with van der Waals surface area (Å²) in [5.74, 6) is 0.157. The molecule has 0 bridgehead atoms. The van der Waals surface area contributed by atoms with Gasteiger partial charge in [0.25, 0.3) is 5.91 Å². The van der Waals surface area contributed by atoms with Gasteiger partial charge in [0.1, 0.15) is 5.69 Å². The number of esters is 1. The topological polar surface area (TPSA) is 90.5 Å². The van der Waals surface area contributed by atoms with Gasteiger partial charge in [-0.1, -0.05) is 0 Å². The van der Waals surface area contributed by atoms with E-state index in [1.807, 2.05) is 24.6 Å². The second kappa shape index (κ2) is 7.69. The third-order valence-electron chi connectivity index (χ3n) is 5.38. The summed E-state index contributed by atoms with van der Waals surface area (Å²) in [6.07, 6.45) is 4.48. The number of methoxy groups -OCH3 is 1. The van der Waals surface area contributed by atoms with Gasteiger partial charge in [0.2, 0.25) is 0 Å². The number of hydrogen-bond donors (Lipinski definition) is 0. The standard InChI is InChI=1S/C21H24N4O4/c1-13(2)25-19-16(12-22-25)15(11-17(23-19)18-5-4-10-29-18)20(26)24-8-6-14(7-9-24)21(27)28-3/h4-5,10-14H,6-9H2,1-3H3. The van der Waals surface area contributed by atoms with Crippen LogP contribution in [0.1, 0.15) is 43.1 Å². The fraction of sp³-hybridized carbons (Fsp3) is 0.429. The Kier molecular flexibility index (Phi) is 5.08. The molecule has 4 rings (SSSR count). The van der Waals surface area contributed by atoms with Crippen molar-refractivity contribution in [2.45, 2.75) is 32.7 Å². The number of ether oxygens (including phenoxy) is 1. The highest BCUT2D eigenvalue weighted by Crippen LogP contribution is 2.29. The summed E-state index contributed by atoms with van der Waals surface area (Å²) in [6, 6.07) is 5.48. The molecule has 3 aromatic rings. The number of fused-ring (bicyclic) bond motifs is 1. The Balaban J connectivity index is 1.71. The van der Waals surface area contributed by atoms with Crippen LogP contribution in [0.25, 0.3) is 22.5 Å². The van der Waals surface area contributed by atoms with Crippen LogP contribution < -0.4 is 0 Å². The summed E-state index contributed by atoms with van der Waals surface area (Å²) in [6.45, 7) is 5.06. The predicted molar refractivity (Wildman–Crippen MR) is 106 cm³/mol. The van der Waals surface area contributed by atoms with Gasteiger partial charge in [-0.25, -0.2) is 9.67 Å². The molecule has 1 aliphatic heterocycles. The van der Waals surface area contributed by atoms with Crippen LogP contribution in [0.15, 0.2) is 35.1 Å². The van der Waals surface area contributed by atoms with E-state index >= 15 is 0 Å². The number of rotatable bonds is 4. The summed E-state index contributed by atoms with van der Waals surface area (Å²) in [5, 5.41) is 5.16. The van der Waals surface area contributed by atoms with Crippen molar-refractivity contribution in [3.8, 4) is 11.5 Å². The highest BCUT2D eigenvalue weighted by atomic mass is 16.5. The lowest BCUT2D eigenvalue weighted by atomic mass is 9.96. The monoisotopic (exact) mass is 396 g/mol. The van der Waals surface area contributed by atoms with E-state index in [9.17, 15) is 9.59 Å². The predicted octanol–water partition coefficient (Wildman–Crippen LogP) is 3.30. The zero-order chi connectivity index (χ0) is 20.5. The fourth-order valence-corrected chi connectivity index (χ4v) is 3.78. The molecule has 0 spiro atoms. The zero-order valence-corrected chi connectivity index (χ0v) is 16.8. The van der Waals surface area contributed by atoms with Crippen LogP contribution in [0.4, 0.5) is 0 Å². The van der Waals surface area contributed by atoms with Crippen molar-refractivity contribution < 1.29 is 18.7 Å². The lowest BCUT2D eigenvalue weighted by molar-refractivity contribution is -0.146. The first-order valence-corrected chi connectivity index (χ1v) is 9.78. The van der Waals surface area contributed by atoms with Gasteiger partial charge in [0.05, 0.1) is 36.4 Å². The molecule has 0 N–H and O–H groups in total. The second-order valence-electron chi connectivity index (χ2n) is 7.54. The van der Waals surface area contributed by atoms with Gasteiger partial charge in [-0.3, -0.25) is 9.59 Å². The third-order valence-corrected chi connectivity index (χ3v) is 5.38. The number of hydrogen-bond acceptors (Lipinski definition) is 6. The van der Waals surface area contributed by atoms with Gasteiger partial charge < -0.3 is 14.1 Å². The van der Waals surface area contributed by atoms with Crippen LogP contribution in [0.2, 0.25) is 0 Å². The zero-order valence-electron chi connectivity index (χ0n) is 16.8. The Bertz CT molecular complexity index is 1030. The lowest BCUT2D eigenvalue weighted by Gasteiger charge is -2.31. The minimum absolute atomic E-state index is 0.0863. The fourth-order valence-electron chi connectivity index (χ4n) is 3.78. The van der Waals surface area contributed by atoms with E-state index in [1.165, 1.54) is 7.11 Å². The largest absolute Gasteiger partial charge is 0.469 e. The Labute approximate surface area is 168 Å². The van der Waals surface area contributed by atoms with Crippen LogP contribution in [-0.2, 0) is 9.53 Å². The lowest BCUT2D eigenvalue weighted by Crippen LogP contribution is -2.40. The van der Waals surface area contributed by atoms with Crippen LogP contribution in [-0.4, -0.2) is 51.7 Å². The molecule has 8 nitrogen and oxygen atoms in total. The number of carbonyl (C=O) groups excluding carboxylic acids is 2. The maximum absolute atomic E-state index is 13.4. The van der Waals surface area contributed by atoms with E-state index < -0.39 is 0 Å². The number of amides is 1. The van der Waals surface area contributed by atoms with E-state index in [4.69, 9.17) is 14.1 Å². The molecule has 29 heavy (non-hydrogen) atoms. The average Bonchev–Trinajstić information content (AvgIpc) is 3.42. The molecule has 0 saturated carbocycles. The molecule has 1 aliphatic rings. The molecule has 0 radical (unpaired) electrons. The molecule has 1 saturated heterocycles. The molecule has 4 heterocycles. The van der Waals surface area contributed by atoms with E-state index in [0.29, 0.717) is 54.0 Å². The van der Waals surface area contributed by atoms with Crippen LogP contribution in [0.5, 0.6) is 0 Å². The number of pyridine rings is 1. The number of carbonyl (C=O) groups is 2. The first kappa shape index (κ1) is 19.2. The van der Waals surface area contributed by atoms with Gasteiger partial charge in [-0.2, -0.15) is 5.10 Å².